The number of hydrogen-bond donors (Lipinski definition) is 2. The van der Waals surface area contributed by atoms with Crippen LogP contribution in [-0.2, 0) is 6.42 Å². The molecule has 0 aromatic carbocycles. The quantitative estimate of drug-likeness (QED) is 0.595. The predicted octanol–water partition coefficient (Wildman–Crippen LogP) is 1.21. The highest BCUT2D eigenvalue weighted by Crippen LogP contribution is 2.27. The van der Waals surface area contributed by atoms with Crippen LogP contribution in [0.2, 0.25) is 0 Å². The minimum Gasteiger partial charge on any atom is -0.271 e. The van der Waals surface area contributed by atoms with Crippen LogP contribution in [0.4, 0.5) is 0 Å². The molecular weight excluding hydrogens is 206 g/mol. The predicted molar refractivity (Wildman–Crippen MR) is 64.5 cm³/mol. The summed E-state index contributed by atoms with van der Waals surface area (Å²) >= 11 is 2.03. The summed E-state index contributed by atoms with van der Waals surface area (Å²) in [6.07, 6.45) is 5.97. The first-order valence-electron chi connectivity index (χ1n) is 5.33. The number of aromatic nitrogens is 1. The third-order valence-electron chi connectivity index (χ3n) is 2.95. The van der Waals surface area contributed by atoms with Crippen LogP contribution in [0.1, 0.15) is 12.0 Å². The molecule has 3 nitrogen and oxygen atoms in total. The van der Waals surface area contributed by atoms with Gasteiger partial charge in [0.15, 0.2) is 0 Å². The summed E-state index contributed by atoms with van der Waals surface area (Å²) in [6.45, 7) is 0. The van der Waals surface area contributed by atoms with Crippen LogP contribution < -0.4 is 11.3 Å². The molecule has 2 atom stereocenters. The van der Waals surface area contributed by atoms with E-state index in [2.05, 4.69) is 22.5 Å². The van der Waals surface area contributed by atoms with Gasteiger partial charge in [0.05, 0.1) is 0 Å². The Morgan fingerprint density at radius 2 is 2.33 bits per heavy atom. The van der Waals surface area contributed by atoms with Gasteiger partial charge < -0.3 is 0 Å². The van der Waals surface area contributed by atoms with E-state index in [9.17, 15) is 0 Å². The summed E-state index contributed by atoms with van der Waals surface area (Å²) in [5.41, 5.74) is 4.27. The fraction of sp³-hybridized carbons (Fsp3) is 0.545. The van der Waals surface area contributed by atoms with E-state index in [-0.39, 0.29) is 0 Å². The van der Waals surface area contributed by atoms with E-state index in [1.165, 1.54) is 23.5 Å². The number of hydrazine groups is 1. The van der Waals surface area contributed by atoms with Crippen molar-refractivity contribution in [1.82, 2.24) is 10.4 Å². The van der Waals surface area contributed by atoms with Crippen molar-refractivity contribution in [3.8, 4) is 0 Å². The van der Waals surface area contributed by atoms with Gasteiger partial charge in [-0.15, -0.1) is 0 Å². The zero-order valence-electron chi connectivity index (χ0n) is 8.73. The van der Waals surface area contributed by atoms with E-state index >= 15 is 0 Å². The van der Waals surface area contributed by atoms with Crippen molar-refractivity contribution in [2.45, 2.75) is 18.9 Å². The molecule has 82 valence electrons. The van der Waals surface area contributed by atoms with Crippen LogP contribution in [0.3, 0.4) is 0 Å². The summed E-state index contributed by atoms with van der Waals surface area (Å²) in [5, 5.41) is 0. The molecule has 0 bridgehead atoms. The summed E-state index contributed by atoms with van der Waals surface area (Å²) in [5.74, 6) is 8.85. The Labute approximate surface area is 94.8 Å². The topological polar surface area (TPSA) is 50.9 Å². The molecule has 1 aromatic heterocycles. The first kappa shape index (κ1) is 10.9. The lowest BCUT2D eigenvalue weighted by molar-refractivity contribution is 0.386. The Balaban J connectivity index is 1.96. The fourth-order valence-electron chi connectivity index (χ4n) is 2.00. The molecule has 2 heterocycles. The van der Waals surface area contributed by atoms with E-state index in [1.807, 2.05) is 24.2 Å². The molecule has 1 saturated heterocycles. The molecule has 3 N–H and O–H groups in total. The third kappa shape index (κ3) is 2.93. The summed E-state index contributed by atoms with van der Waals surface area (Å²) in [4.78, 5) is 4.02. The molecule has 2 unspecified atom stereocenters. The first-order chi connectivity index (χ1) is 7.40. The Kier molecular flexibility index (Phi) is 4.00. The van der Waals surface area contributed by atoms with Crippen LogP contribution in [0.5, 0.6) is 0 Å². The van der Waals surface area contributed by atoms with Gasteiger partial charge in [0.1, 0.15) is 0 Å². The zero-order valence-corrected chi connectivity index (χ0v) is 9.54. The second-order valence-electron chi connectivity index (χ2n) is 3.96. The average molecular weight is 223 g/mol. The summed E-state index contributed by atoms with van der Waals surface area (Å²) in [7, 11) is 0. The monoisotopic (exact) mass is 223 g/mol. The average Bonchev–Trinajstić information content (AvgIpc) is 2.81. The van der Waals surface area contributed by atoms with Gasteiger partial charge in [0, 0.05) is 18.4 Å². The molecule has 0 saturated carbocycles. The van der Waals surface area contributed by atoms with Gasteiger partial charge in [-0.2, -0.15) is 11.8 Å². The van der Waals surface area contributed by atoms with Gasteiger partial charge in [-0.1, -0.05) is 0 Å². The van der Waals surface area contributed by atoms with Gasteiger partial charge in [0.25, 0.3) is 0 Å². The molecule has 0 spiro atoms. The lowest BCUT2D eigenvalue weighted by atomic mass is 9.94. The number of pyridine rings is 1. The van der Waals surface area contributed by atoms with Crippen molar-refractivity contribution in [1.29, 1.82) is 0 Å². The van der Waals surface area contributed by atoms with E-state index < -0.39 is 0 Å². The molecule has 1 aliphatic rings. The normalized spacial score (nSPS) is 22.9. The van der Waals surface area contributed by atoms with Crippen molar-refractivity contribution in [2.75, 3.05) is 11.5 Å². The van der Waals surface area contributed by atoms with Crippen molar-refractivity contribution >= 4 is 11.8 Å². The maximum atomic E-state index is 5.63. The minimum absolute atomic E-state index is 0.405. The molecule has 4 heteroatoms. The van der Waals surface area contributed by atoms with Crippen LogP contribution >= 0.6 is 11.8 Å². The Morgan fingerprint density at radius 1 is 1.53 bits per heavy atom. The van der Waals surface area contributed by atoms with E-state index in [0.717, 1.165) is 6.42 Å². The maximum absolute atomic E-state index is 5.63. The Hall–Kier alpha value is -0.580. The number of nitrogens with two attached hydrogens (primary N) is 1. The molecule has 1 aromatic rings. The molecule has 2 rings (SSSR count). The van der Waals surface area contributed by atoms with Crippen molar-refractivity contribution in [3.05, 3.63) is 30.1 Å². The van der Waals surface area contributed by atoms with Crippen LogP contribution in [0, 0.1) is 5.92 Å². The SMILES string of the molecule is NNC(Cc1ccncc1)C1CCSC1. The first-order valence-corrected chi connectivity index (χ1v) is 6.48. The smallest absolute Gasteiger partial charge is 0.0287 e. The van der Waals surface area contributed by atoms with Gasteiger partial charge in [-0.3, -0.25) is 16.3 Å². The minimum atomic E-state index is 0.405. The number of nitrogens with zero attached hydrogens (tertiary/aromatic N) is 1. The lowest BCUT2D eigenvalue weighted by Gasteiger charge is -2.21. The molecule has 0 radical (unpaired) electrons. The number of rotatable bonds is 4. The van der Waals surface area contributed by atoms with Gasteiger partial charge in [-0.05, 0) is 48.0 Å². The highest BCUT2D eigenvalue weighted by atomic mass is 32.2. The van der Waals surface area contributed by atoms with Gasteiger partial charge in [0.2, 0.25) is 0 Å². The van der Waals surface area contributed by atoms with Crippen LogP contribution in [-0.4, -0.2) is 22.5 Å². The Morgan fingerprint density at radius 3 is 2.93 bits per heavy atom. The number of thioether (sulfide) groups is 1. The lowest BCUT2D eigenvalue weighted by Crippen LogP contribution is -2.42. The molecule has 0 amide bonds. The zero-order chi connectivity index (χ0) is 10.5. The van der Waals surface area contributed by atoms with Gasteiger partial charge in [-0.25, -0.2) is 0 Å². The summed E-state index contributed by atoms with van der Waals surface area (Å²) < 4.78 is 0. The van der Waals surface area contributed by atoms with Gasteiger partial charge >= 0.3 is 0 Å². The molecule has 15 heavy (non-hydrogen) atoms. The van der Waals surface area contributed by atoms with E-state index in [0.29, 0.717) is 12.0 Å². The standard InChI is InChI=1S/C11H17N3S/c12-14-11(10-3-6-15-8-10)7-9-1-4-13-5-2-9/h1-2,4-5,10-11,14H,3,6-8,12H2. The highest BCUT2D eigenvalue weighted by molar-refractivity contribution is 7.99. The molecule has 1 fully saturated rings. The maximum Gasteiger partial charge on any atom is 0.0287 e. The van der Waals surface area contributed by atoms with Crippen molar-refractivity contribution in [3.63, 3.8) is 0 Å². The van der Waals surface area contributed by atoms with Crippen molar-refractivity contribution in [2.24, 2.45) is 11.8 Å². The molecule has 1 aliphatic heterocycles. The number of nitrogens with one attached hydrogen (secondary N) is 1. The third-order valence-corrected chi connectivity index (χ3v) is 4.14. The van der Waals surface area contributed by atoms with E-state index in [4.69, 9.17) is 5.84 Å². The van der Waals surface area contributed by atoms with Crippen LogP contribution in [0.25, 0.3) is 0 Å². The van der Waals surface area contributed by atoms with E-state index in [1.54, 1.807) is 0 Å². The highest BCUT2D eigenvalue weighted by Gasteiger charge is 2.24. The molecule has 0 aliphatic carbocycles. The Bertz CT molecular complexity index is 285. The second-order valence-corrected chi connectivity index (χ2v) is 5.11. The summed E-state index contributed by atoms with van der Waals surface area (Å²) in [6, 6.07) is 4.53. The second kappa shape index (κ2) is 5.49. The molecular formula is C11H17N3S. The number of hydrogen-bond acceptors (Lipinski definition) is 4. The fourth-order valence-corrected chi connectivity index (χ4v) is 3.34. The van der Waals surface area contributed by atoms with Crippen LogP contribution in [0.15, 0.2) is 24.5 Å². The largest absolute Gasteiger partial charge is 0.271 e. The van der Waals surface area contributed by atoms with Crippen molar-refractivity contribution < 1.29 is 0 Å².